The summed E-state index contributed by atoms with van der Waals surface area (Å²) in [6.45, 7) is 1.59. The first-order valence-electron chi connectivity index (χ1n) is 4.15. The third kappa shape index (κ3) is 1.81. The Hall–Kier alpha value is -1.16. The summed E-state index contributed by atoms with van der Waals surface area (Å²) in [4.78, 5) is 0. The molecule has 1 aromatic carbocycles. The predicted molar refractivity (Wildman–Crippen MR) is 51.0 cm³/mol. The van der Waals surface area contributed by atoms with Crippen LogP contribution in [0.15, 0.2) is 22.6 Å². The van der Waals surface area contributed by atoms with Crippen molar-refractivity contribution in [2.45, 2.75) is 13.1 Å². The summed E-state index contributed by atoms with van der Waals surface area (Å²) in [5, 5.41) is 0.419. The molecule has 0 spiro atoms. The van der Waals surface area contributed by atoms with Crippen LogP contribution >= 0.6 is 11.6 Å². The second-order valence-electron chi connectivity index (χ2n) is 3.23. The predicted octanol–water partition coefficient (Wildman–Crippen LogP) is 4.41. The summed E-state index contributed by atoms with van der Waals surface area (Å²) in [5.74, 6) is 0.428. The second-order valence-corrected chi connectivity index (χ2v) is 3.66. The monoisotopic (exact) mass is 234 g/mol. The first-order chi connectivity index (χ1) is 6.88. The first-order valence-corrected chi connectivity index (χ1v) is 4.52. The SMILES string of the molecule is Cc1cc2cc(Cl)cc(C(F)(F)F)c2o1. The summed E-state index contributed by atoms with van der Waals surface area (Å²) in [5.41, 5.74) is -0.998. The third-order valence-electron chi connectivity index (χ3n) is 2.01. The summed E-state index contributed by atoms with van der Waals surface area (Å²) < 4.78 is 42.8. The summed E-state index contributed by atoms with van der Waals surface area (Å²) in [6.07, 6.45) is -4.45. The van der Waals surface area contributed by atoms with Crippen molar-refractivity contribution in [2.24, 2.45) is 0 Å². The van der Waals surface area contributed by atoms with Crippen LogP contribution < -0.4 is 0 Å². The van der Waals surface area contributed by atoms with Crippen LogP contribution in [0.5, 0.6) is 0 Å². The molecular formula is C10H6ClF3O. The Balaban J connectivity index is 2.82. The summed E-state index contributed by atoms with van der Waals surface area (Å²) in [6, 6.07) is 3.84. The van der Waals surface area contributed by atoms with Gasteiger partial charge in [0.2, 0.25) is 0 Å². The van der Waals surface area contributed by atoms with E-state index in [4.69, 9.17) is 16.0 Å². The van der Waals surface area contributed by atoms with E-state index >= 15 is 0 Å². The van der Waals surface area contributed by atoms with Crippen molar-refractivity contribution in [3.8, 4) is 0 Å². The number of hydrogen-bond acceptors (Lipinski definition) is 1. The molecule has 1 heterocycles. The Morgan fingerprint density at radius 1 is 1.20 bits per heavy atom. The largest absolute Gasteiger partial charge is 0.461 e. The molecule has 0 aliphatic rings. The van der Waals surface area contributed by atoms with Gasteiger partial charge in [-0.1, -0.05) is 11.6 Å². The van der Waals surface area contributed by atoms with Crippen LogP contribution in [-0.2, 0) is 6.18 Å². The zero-order valence-electron chi connectivity index (χ0n) is 7.65. The average Bonchev–Trinajstić information content (AvgIpc) is 2.41. The second kappa shape index (κ2) is 3.17. The highest BCUT2D eigenvalue weighted by molar-refractivity contribution is 6.31. The van der Waals surface area contributed by atoms with Gasteiger partial charge in [0, 0.05) is 10.4 Å². The van der Waals surface area contributed by atoms with E-state index in [0.717, 1.165) is 6.07 Å². The van der Waals surface area contributed by atoms with Crippen LogP contribution in [0.25, 0.3) is 11.0 Å². The van der Waals surface area contributed by atoms with Crippen molar-refractivity contribution in [3.63, 3.8) is 0 Å². The molecular weight excluding hydrogens is 229 g/mol. The Kier molecular flexibility index (Phi) is 2.19. The van der Waals surface area contributed by atoms with Crippen molar-refractivity contribution in [2.75, 3.05) is 0 Å². The molecule has 0 radical (unpaired) electrons. The van der Waals surface area contributed by atoms with Crippen molar-refractivity contribution in [1.82, 2.24) is 0 Å². The molecule has 0 aliphatic heterocycles. The fourth-order valence-electron chi connectivity index (χ4n) is 1.46. The third-order valence-corrected chi connectivity index (χ3v) is 2.23. The van der Waals surface area contributed by atoms with Gasteiger partial charge in [0.05, 0.1) is 0 Å². The molecule has 0 amide bonds. The molecule has 1 nitrogen and oxygen atoms in total. The molecule has 5 heteroatoms. The highest BCUT2D eigenvalue weighted by atomic mass is 35.5. The van der Waals surface area contributed by atoms with Gasteiger partial charge in [-0.05, 0) is 25.1 Å². The van der Waals surface area contributed by atoms with Gasteiger partial charge in [-0.2, -0.15) is 13.2 Å². The van der Waals surface area contributed by atoms with E-state index in [1.807, 2.05) is 0 Å². The summed E-state index contributed by atoms with van der Waals surface area (Å²) in [7, 11) is 0. The number of rotatable bonds is 0. The van der Waals surface area contributed by atoms with E-state index in [2.05, 4.69) is 0 Å². The number of benzene rings is 1. The molecule has 0 fully saturated rings. The Bertz CT molecular complexity index is 513. The Labute approximate surface area is 88.4 Å². The molecule has 2 aromatic rings. The molecule has 2 rings (SSSR count). The maximum atomic E-state index is 12.6. The topological polar surface area (TPSA) is 13.1 Å². The number of halogens is 4. The van der Waals surface area contributed by atoms with Crippen LogP contribution in [0.2, 0.25) is 5.02 Å². The lowest BCUT2D eigenvalue weighted by molar-refractivity contribution is -0.136. The van der Waals surface area contributed by atoms with E-state index in [-0.39, 0.29) is 10.6 Å². The Morgan fingerprint density at radius 2 is 1.87 bits per heavy atom. The van der Waals surface area contributed by atoms with E-state index in [1.165, 1.54) is 12.1 Å². The summed E-state index contributed by atoms with van der Waals surface area (Å²) >= 11 is 5.60. The lowest BCUT2D eigenvalue weighted by atomic mass is 10.1. The van der Waals surface area contributed by atoms with Gasteiger partial charge in [0.15, 0.2) is 0 Å². The zero-order chi connectivity index (χ0) is 11.2. The van der Waals surface area contributed by atoms with Crippen molar-refractivity contribution < 1.29 is 17.6 Å². The fourth-order valence-corrected chi connectivity index (χ4v) is 1.68. The minimum atomic E-state index is -4.45. The fraction of sp³-hybridized carbons (Fsp3) is 0.200. The van der Waals surface area contributed by atoms with E-state index < -0.39 is 11.7 Å². The number of furan rings is 1. The lowest BCUT2D eigenvalue weighted by Gasteiger charge is -2.07. The van der Waals surface area contributed by atoms with Crippen molar-refractivity contribution in [1.29, 1.82) is 0 Å². The van der Waals surface area contributed by atoms with E-state index in [1.54, 1.807) is 6.92 Å². The maximum absolute atomic E-state index is 12.6. The standard InChI is InChI=1S/C10H6ClF3O/c1-5-2-6-3-7(11)4-8(9(6)15-5)10(12,13)14/h2-4H,1H3. The normalized spacial score (nSPS) is 12.3. The zero-order valence-corrected chi connectivity index (χ0v) is 8.41. The molecule has 1 aromatic heterocycles. The number of aryl methyl sites for hydroxylation is 1. The highest BCUT2D eigenvalue weighted by Crippen LogP contribution is 2.37. The molecule has 0 unspecified atom stereocenters. The minimum Gasteiger partial charge on any atom is -0.461 e. The van der Waals surface area contributed by atoms with Crippen LogP contribution in [-0.4, -0.2) is 0 Å². The molecule has 80 valence electrons. The molecule has 0 N–H and O–H groups in total. The van der Waals surface area contributed by atoms with Crippen molar-refractivity contribution >= 4 is 22.6 Å². The van der Waals surface area contributed by atoms with Gasteiger partial charge in [0.1, 0.15) is 16.9 Å². The highest BCUT2D eigenvalue weighted by Gasteiger charge is 2.34. The molecule has 0 aliphatic carbocycles. The number of hydrogen-bond donors (Lipinski definition) is 0. The van der Waals surface area contributed by atoms with Gasteiger partial charge < -0.3 is 4.42 Å². The number of fused-ring (bicyclic) bond motifs is 1. The van der Waals surface area contributed by atoms with Gasteiger partial charge >= 0.3 is 6.18 Å². The van der Waals surface area contributed by atoms with Crippen LogP contribution in [0.3, 0.4) is 0 Å². The molecule has 15 heavy (non-hydrogen) atoms. The van der Waals surface area contributed by atoms with Crippen LogP contribution in [0.4, 0.5) is 13.2 Å². The average molecular weight is 235 g/mol. The van der Waals surface area contributed by atoms with Crippen LogP contribution in [0, 0.1) is 6.92 Å². The van der Waals surface area contributed by atoms with Gasteiger partial charge in [-0.3, -0.25) is 0 Å². The molecule has 0 saturated heterocycles. The van der Waals surface area contributed by atoms with Crippen LogP contribution in [0.1, 0.15) is 11.3 Å². The van der Waals surface area contributed by atoms with E-state index in [0.29, 0.717) is 11.1 Å². The molecule has 0 bridgehead atoms. The lowest BCUT2D eigenvalue weighted by Crippen LogP contribution is -2.05. The first kappa shape index (κ1) is 10.4. The van der Waals surface area contributed by atoms with Gasteiger partial charge in [-0.25, -0.2) is 0 Å². The minimum absolute atomic E-state index is 0.0515. The maximum Gasteiger partial charge on any atom is 0.420 e. The quantitative estimate of drug-likeness (QED) is 0.658. The molecule has 0 saturated carbocycles. The smallest absolute Gasteiger partial charge is 0.420 e. The Morgan fingerprint density at radius 3 is 2.47 bits per heavy atom. The van der Waals surface area contributed by atoms with Gasteiger partial charge in [0.25, 0.3) is 0 Å². The van der Waals surface area contributed by atoms with E-state index in [9.17, 15) is 13.2 Å². The molecule has 0 atom stereocenters. The van der Waals surface area contributed by atoms with Crippen molar-refractivity contribution in [3.05, 3.63) is 34.5 Å². The van der Waals surface area contributed by atoms with Gasteiger partial charge in [-0.15, -0.1) is 0 Å². The number of alkyl halides is 3.